The van der Waals surface area contributed by atoms with E-state index in [1.54, 1.807) is 20.8 Å². The number of halogens is 2. The maximum absolute atomic E-state index is 12.9. The first-order valence-electron chi connectivity index (χ1n) is 9.62. The Morgan fingerprint density at radius 1 is 1.28 bits per heavy atom. The summed E-state index contributed by atoms with van der Waals surface area (Å²) >= 11 is 8.15. The van der Waals surface area contributed by atoms with Crippen molar-refractivity contribution in [1.29, 1.82) is 0 Å². The molecule has 1 heterocycles. The van der Waals surface area contributed by atoms with Crippen LogP contribution in [0.4, 0.5) is 4.79 Å². The second-order valence-electron chi connectivity index (χ2n) is 8.17. The standard InChI is InChI=1S/C21H29ClINO5/c1-20(2,3)29-19(26)24-13-17(28-14-15-6-8-16(23)9-7-15)12-21(24,10-5-11-22)18(25)27-4/h6-9,17H,5,10-14H2,1-4H3/t17-,21+/m1/s1. The van der Waals surface area contributed by atoms with Gasteiger partial charge in [0.15, 0.2) is 0 Å². The van der Waals surface area contributed by atoms with E-state index in [0.29, 0.717) is 31.7 Å². The van der Waals surface area contributed by atoms with E-state index in [1.165, 1.54) is 12.0 Å². The zero-order chi connectivity index (χ0) is 21.7. The number of hydrogen-bond acceptors (Lipinski definition) is 5. The van der Waals surface area contributed by atoms with Gasteiger partial charge in [-0.1, -0.05) is 12.1 Å². The van der Waals surface area contributed by atoms with Crippen molar-refractivity contribution in [2.24, 2.45) is 0 Å². The molecule has 162 valence electrons. The molecule has 1 aliphatic heterocycles. The maximum Gasteiger partial charge on any atom is 0.411 e. The van der Waals surface area contributed by atoms with Gasteiger partial charge in [0.25, 0.3) is 0 Å². The van der Waals surface area contributed by atoms with Gasteiger partial charge in [0.2, 0.25) is 0 Å². The Morgan fingerprint density at radius 3 is 2.48 bits per heavy atom. The average molecular weight is 538 g/mol. The summed E-state index contributed by atoms with van der Waals surface area (Å²) in [5, 5.41) is 0. The number of rotatable bonds is 7. The molecule has 29 heavy (non-hydrogen) atoms. The number of esters is 1. The van der Waals surface area contributed by atoms with Gasteiger partial charge < -0.3 is 14.2 Å². The number of alkyl halides is 1. The number of benzene rings is 1. The predicted molar refractivity (Wildman–Crippen MR) is 120 cm³/mol. The third kappa shape index (κ3) is 6.46. The lowest BCUT2D eigenvalue weighted by molar-refractivity contribution is -0.153. The van der Waals surface area contributed by atoms with Crippen LogP contribution in [0.2, 0.25) is 0 Å². The fourth-order valence-corrected chi connectivity index (χ4v) is 3.98. The molecule has 6 nitrogen and oxygen atoms in total. The SMILES string of the molecule is COC(=O)[C@]1(CCCCl)C[C@@H](OCc2ccc(I)cc2)CN1C(=O)OC(C)(C)C. The highest BCUT2D eigenvalue weighted by molar-refractivity contribution is 14.1. The molecule has 0 aliphatic carbocycles. The quantitative estimate of drug-likeness (QED) is 0.285. The van der Waals surface area contributed by atoms with E-state index in [2.05, 4.69) is 22.6 Å². The monoisotopic (exact) mass is 537 g/mol. The smallest absolute Gasteiger partial charge is 0.411 e. The molecule has 1 aromatic carbocycles. The molecule has 1 aromatic rings. The summed E-state index contributed by atoms with van der Waals surface area (Å²) in [5.41, 5.74) is -0.778. The van der Waals surface area contributed by atoms with E-state index in [0.717, 1.165) is 9.13 Å². The molecular formula is C21H29ClINO5. The van der Waals surface area contributed by atoms with Crippen LogP contribution in [0.3, 0.4) is 0 Å². The Hall–Kier alpha value is -1.06. The van der Waals surface area contributed by atoms with Crippen molar-refractivity contribution in [1.82, 2.24) is 4.90 Å². The first-order valence-corrected chi connectivity index (χ1v) is 11.2. The Bertz CT molecular complexity index is 706. The summed E-state index contributed by atoms with van der Waals surface area (Å²) < 4.78 is 17.9. The minimum Gasteiger partial charge on any atom is -0.467 e. The highest BCUT2D eigenvalue weighted by Crippen LogP contribution is 2.38. The number of hydrogen-bond donors (Lipinski definition) is 0. The zero-order valence-electron chi connectivity index (χ0n) is 17.4. The Labute approximate surface area is 191 Å². The van der Waals surface area contributed by atoms with Crippen molar-refractivity contribution in [3.63, 3.8) is 0 Å². The van der Waals surface area contributed by atoms with Crippen LogP contribution in [0.1, 0.15) is 45.6 Å². The fourth-order valence-electron chi connectivity index (χ4n) is 3.48. The van der Waals surface area contributed by atoms with E-state index >= 15 is 0 Å². The molecule has 0 spiro atoms. The summed E-state index contributed by atoms with van der Waals surface area (Å²) in [6.45, 7) is 6.05. The van der Waals surface area contributed by atoms with Gasteiger partial charge >= 0.3 is 12.1 Å². The molecule has 0 saturated carbocycles. The largest absolute Gasteiger partial charge is 0.467 e. The molecule has 1 amide bonds. The van der Waals surface area contributed by atoms with Gasteiger partial charge in [0, 0.05) is 15.9 Å². The second-order valence-corrected chi connectivity index (χ2v) is 9.79. The van der Waals surface area contributed by atoms with Crippen LogP contribution < -0.4 is 0 Å². The van der Waals surface area contributed by atoms with Gasteiger partial charge in [-0.3, -0.25) is 4.90 Å². The molecule has 0 radical (unpaired) electrons. The molecule has 2 rings (SSSR count). The summed E-state index contributed by atoms with van der Waals surface area (Å²) in [6, 6.07) is 8.03. The molecule has 1 aliphatic rings. The molecule has 1 fully saturated rings. The number of amides is 1. The lowest BCUT2D eigenvalue weighted by Gasteiger charge is -2.36. The van der Waals surface area contributed by atoms with Crippen LogP contribution in [-0.4, -0.2) is 53.7 Å². The van der Waals surface area contributed by atoms with E-state index in [-0.39, 0.29) is 12.6 Å². The third-order valence-corrected chi connectivity index (χ3v) is 5.76. The highest BCUT2D eigenvalue weighted by Gasteiger charge is 2.55. The summed E-state index contributed by atoms with van der Waals surface area (Å²) in [6.07, 6.45) is 0.459. The van der Waals surface area contributed by atoms with Crippen LogP contribution in [0, 0.1) is 3.57 Å². The lowest BCUT2D eigenvalue weighted by Crippen LogP contribution is -2.54. The minimum absolute atomic E-state index is 0.261. The number of carbonyl (C=O) groups excluding carboxylic acids is 2. The summed E-state index contributed by atoms with van der Waals surface area (Å²) in [4.78, 5) is 27.2. The molecule has 0 N–H and O–H groups in total. The van der Waals surface area contributed by atoms with Gasteiger partial charge in [-0.05, 0) is 73.9 Å². The number of carbonyl (C=O) groups is 2. The Balaban J connectivity index is 2.22. The molecule has 2 atom stereocenters. The van der Waals surface area contributed by atoms with E-state index in [4.69, 9.17) is 25.8 Å². The first-order chi connectivity index (χ1) is 13.6. The van der Waals surface area contributed by atoms with Gasteiger partial charge in [-0.15, -0.1) is 11.6 Å². The molecule has 0 aromatic heterocycles. The number of nitrogens with zero attached hydrogens (tertiary/aromatic N) is 1. The molecule has 1 saturated heterocycles. The van der Waals surface area contributed by atoms with Crippen LogP contribution in [0.25, 0.3) is 0 Å². The average Bonchev–Trinajstić information content (AvgIpc) is 3.04. The third-order valence-electron chi connectivity index (χ3n) is 4.77. The van der Waals surface area contributed by atoms with Crippen LogP contribution in [0.5, 0.6) is 0 Å². The van der Waals surface area contributed by atoms with Crippen molar-refractivity contribution in [2.45, 2.75) is 63.9 Å². The van der Waals surface area contributed by atoms with Crippen LogP contribution >= 0.6 is 34.2 Å². The molecule has 0 bridgehead atoms. The zero-order valence-corrected chi connectivity index (χ0v) is 20.3. The van der Waals surface area contributed by atoms with Crippen molar-refractivity contribution in [3.8, 4) is 0 Å². The van der Waals surface area contributed by atoms with Crippen molar-refractivity contribution >= 4 is 46.3 Å². The summed E-state index contributed by atoms with van der Waals surface area (Å²) in [7, 11) is 1.33. The Kier molecular flexibility index (Phi) is 8.60. The van der Waals surface area contributed by atoms with Gasteiger partial charge in [0.1, 0.15) is 11.1 Å². The number of methoxy groups -OCH3 is 1. The highest BCUT2D eigenvalue weighted by atomic mass is 127. The normalized spacial score (nSPS) is 21.9. The van der Waals surface area contributed by atoms with Gasteiger partial charge in [-0.25, -0.2) is 9.59 Å². The van der Waals surface area contributed by atoms with E-state index < -0.39 is 23.2 Å². The van der Waals surface area contributed by atoms with E-state index in [1.807, 2.05) is 24.3 Å². The maximum atomic E-state index is 12.9. The first kappa shape index (κ1) is 24.2. The molecule has 8 heteroatoms. The predicted octanol–water partition coefficient (Wildman–Crippen LogP) is 4.75. The second kappa shape index (κ2) is 10.3. The van der Waals surface area contributed by atoms with Crippen molar-refractivity contribution in [3.05, 3.63) is 33.4 Å². The lowest BCUT2D eigenvalue weighted by atomic mass is 9.90. The minimum atomic E-state index is -1.14. The van der Waals surface area contributed by atoms with Crippen molar-refractivity contribution < 1.29 is 23.8 Å². The van der Waals surface area contributed by atoms with Crippen molar-refractivity contribution in [2.75, 3.05) is 19.5 Å². The van der Waals surface area contributed by atoms with Crippen LogP contribution in [-0.2, 0) is 25.6 Å². The van der Waals surface area contributed by atoms with E-state index in [9.17, 15) is 9.59 Å². The molecule has 0 unspecified atom stereocenters. The van der Waals surface area contributed by atoms with Crippen LogP contribution in [0.15, 0.2) is 24.3 Å². The molecular weight excluding hydrogens is 509 g/mol. The number of ether oxygens (including phenoxy) is 3. The summed E-state index contributed by atoms with van der Waals surface area (Å²) in [5.74, 6) is -0.0800. The Morgan fingerprint density at radius 2 is 1.93 bits per heavy atom. The topological polar surface area (TPSA) is 65.1 Å². The number of likely N-dealkylation sites (tertiary alicyclic amines) is 1. The van der Waals surface area contributed by atoms with Gasteiger partial charge in [-0.2, -0.15) is 0 Å². The van der Waals surface area contributed by atoms with Gasteiger partial charge in [0.05, 0.1) is 26.4 Å². The fraction of sp³-hybridized carbons (Fsp3) is 0.619.